The quantitative estimate of drug-likeness (QED) is 0.675. The van der Waals surface area contributed by atoms with E-state index in [9.17, 15) is 8.78 Å². The van der Waals surface area contributed by atoms with Gasteiger partial charge in [-0.2, -0.15) is 0 Å². The summed E-state index contributed by atoms with van der Waals surface area (Å²) in [5.41, 5.74) is 2.57. The first-order valence-corrected chi connectivity index (χ1v) is 5.58. The molecule has 2 aromatic carbocycles. The van der Waals surface area contributed by atoms with Crippen LogP contribution in [0.5, 0.6) is 0 Å². The van der Waals surface area contributed by atoms with Gasteiger partial charge in [0.15, 0.2) is 11.6 Å². The molecule has 0 aliphatic carbocycles. The van der Waals surface area contributed by atoms with E-state index in [1.54, 1.807) is 12.4 Å². The number of hydrogen-bond acceptors (Lipinski definition) is 1. The molecule has 0 saturated carbocycles. The summed E-state index contributed by atoms with van der Waals surface area (Å²) in [5, 5.41) is 0. The Hall–Kier alpha value is -2.23. The van der Waals surface area contributed by atoms with Gasteiger partial charge in [-0.15, -0.1) is 0 Å². The third-order valence-corrected chi connectivity index (χ3v) is 2.86. The minimum absolute atomic E-state index is 0.470. The Bertz CT molecular complexity index is 704. The van der Waals surface area contributed by atoms with Crippen molar-refractivity contribution in [1.29, 1.82) is 0 Å². The van der Waals surface area contributed by atoms with Crippen LogP contribution >= 0.6 is 0 Å². The summed E-state index contributed by atoms with van der Waals surface area (Å²) in [4.78, 5) is 4.25. The van der Waals surface area contributed by atoms with E-state index in [1.165, 1.54) is 6.07 Å². The predicted octanol–water partition coefficient (Wildman–Crippen LogP) is 3.36. The number of nitrogens with zero attached hydrogens (tertiary/aromatic N) is 2. The van der Waals surface area contributed by atoms with Crippen LogP contribution in [0, 0.1) is 11.6 Å². The highest BCUT2D eigenvalue weighted by Crippen LogP contribution is 2.15. The zero-order valence-corrected chi connectivity index (χ0v) is 9.48. The molecule has 3 rings (SSSR count). The van der Waals surface area contributed by atoms with Crippen LogP contribution in [0.2, 0.25) is 0 Å². The second kappa shape index (κ2) is 4.22. The summed E-state index contributed by atoms with van der Waals surface area (Å²) in [6, 6.07) is 11.6. The first kappa shape index (κ1) is 10.9. The van der Waals surface area contributed by atoms with E-state index in [0.717, 1.165) is 17.1 Å². The highest BCUT2D eigenvalue weighted by Gasteiger charge is 2.05. The number of hydrogen-bond donors (Lipinski definition) is 0. The molecule has 3 aromatic rings. The summed E-state index contributed by atoms with van der Waals surface area (Å²) in [6.45, 7) is 0.470. The third-order valence-electron chi connectivity index (χ3n) is 2.86. The van der Waals surface area contributed by atoms with E-state index in [-0.39, 0.29) is 0 Å². The Labute approximate surface area is 103 Å². The molecule has 0 spiro atoms. The topological polar surface area (TPSA) is 17.8 Å². The lowest BCUT2D eigenvalue weighted by Gasteiger charge is -2.05. The van der Waals surface area contributed by atoms with Crippen molar-refractivity contribution < 1.29 is 8.78 Å². The predicted molar refractivity (Wildman–Crippen MR) is 65.2 cm³/mol. The Morgan fingerprint density at radius 3 is 2.67 bits per heavy atom. The second-order valence-electron chi connectivity index (χ2n) is 4.11. The Balaban J connectivity index is 1.98. The van der Waals surface area contributed by atoms with Gasteiger partial charge in [-0.25, -0.2) is 13.8 Å². The van der Waals surface area contributed by atoms with Crippen molar-refractivity contribution >= 4 is 11.0 Å². The monoisotopic (exact) mass is 244 g/mol. The van der Waals surface area contributed by atoms with Crippen molar-refractivity contribution in [1.82, 2.24) is 9.55 Å². The van der Waals surface area contributed by atoms with Crippen molar-refractivity contribution in [3.63, 3.8) is 0 Å². The van der Waals surface area contributed by atoms with Gasteiger partial charge >= 0.3 is 0 Å². The number of imidazole rings is 1. The fourth-order valence-corrected chi connectivity index (χ4v) is 1.97. The molecule has 4 heteroatoms. The second-order valence-corrected chi connectivity index (χ2v) is 4.11. The van der Waals surface area contributed by atoms with Crippen molar-refractivity contribution in [3.05, 3.63) is 66.0 Å². The molecule has 0 amide bonds. The van der Waals surface area contributed by atoms with Crippen LogP contribution in [0.15, 0.2) is 48.8 Å². The fraction of sp³-hybridized carbons (Fsp3) is 0.0714. The van der Waals surface area contributed by atoms with Crippen LogP contribution in [0.1, 0.15) is 5.56 Å². The van der Waals surface area contributed by atoms with Gasteiger partial charge in [0.05, 0.1) is 17.4 Å². The van der Waals surface area contributed by atoms with E-state index in [1.807, 2.05) is 28.8 Å². The lowest BCUT2D eigenvalue weighted by atomic mass is 10.2. The van der Waals surface area contributed by atoms with Gasteiger partial charge in [-0.3, -0.25) is 0 Å². The van der Waals surface area contributed by atoms with Crippen molar-refractivity contribution in [2.24, 2.45) is 0 Å². The highest BCUT2D eigenvalue weighted by molar-refractivity contribution is 5.75. The zero-order chi connectivity index (χ0) is 12.5. The molecule has 0 bridgehead atoms. The standard InChI is InChI=1S/C14H10F2N2/c15-11-6-5-10(7-12(11)16)8-18-9-17-13-3-1-2-4-14(13)18/h1-7,9H,8H2. The minimum Gasteiger partial charge on any atom is -0.326 e. The van der Waals surface area contributed by atoms with E-state index in [0.29, 0.717) is 12.1 Å². The first-order valence-electron chi connectivity index (χ1n) is 5.58. The SMILES string of the molecule is Fc1ccc(Cn2cnc3ccccc32)cc1F. The van der Waals surface area contributed by atoms with Crippen LogP contribution in [0.25, 0.3) is 11.0 Å². The number of aromatic nitrogens is 2. The lowest BCUT2D eigenvalue weighted by molar-refractivity contribution is 0.506. The molecule has 0 aliphatic rings. The van der Waals surface area contributed by atoms with Crippen LogP contribution in [0.4, 0.5) is 8.78 Å². The number of benzene rings is 2. The lowest BCUT2D eigenvalue weighted by Crippen LogP contribution is -1.99. The van der Waals surface area contributed by atoms with Crippen LogP contribution in [-0.4, -0.2) is 9.55 Å². The number of rotatable bonds is 2. The molecule has 90 valence electrons. The Kier molecular flexibility index (Phi) is 2.55. The molecule has 0 radical (unpaired) electrons. The normalized spacial score (nSPS) is 11.0. The summed E-state index contributed by atoms with van der Waals surface area (Å²) < 4.78 is 27.9. The molecule has 1 aromatic heterocycles. The largest absolute Gasteiger partial charge is 0.326 e. The maximum Gasteiger partial charge on any atom is 0.159 e. The van der Waals surface area contributed by atoms with Gasteiger partial charge in [-0.1, -0.05) is 18.2 Å². The maximum absolute atomic E-state index is 13.1. The van der Waals surface area contributed by atoms with Gasteiger partial charge in [-0.05, 0) is 29.8 Å². The summed E-state index contributed by atoms with van der Waals surface area (Å²) in [5.74, 6) is -1.65. The third kappa shape index (κ3) is 1.86. The maximum atomic E-state index is 13.1. The van der Waals surface area contributed by atoms with E-state index < -0.39 is 11.6 Å². The molecule has 0 atom stereocenters. The van der Waals surface area contributed by atoms with Crippen LogP contribution < -0.4 is 0 Å². The van der Waals surface area contributed by atoms with Gasteiger partial charge in [0.2, 0.25) is 0 Å². The van der Waals surface area contributed by atoms with Crippen LogP contribution in [-0.2, 0) is 6.54 Å². The minimum atomic E-state index is -0.825. The van der Waals surface area contributed by atoms with E-state index in [4.69, 9.17) is 0 Å². The molecule has 2 nitrogen and oxygen atoms in total. The van der Waals surface area contributed by atoms with Crippen molar-refractivity contribution in [3.8, 4) is 0 Å². The van der Waals surface area contributed by atoms with Gasteiger partial charge in [0.1, 0.15) is 0 Å². The molecular formula is C14H10F2N2. The van der Waals surface area contributed by atoms with Crippen molar-refractivity contribution in [2.75, 3.05) is 0 Å². The molecule has 1 heterocycles. The number of halogens is 2. The Morgan fingerprint density at radius 1 is 1.00 bits per heavy atom. The van der Waals surface area contributed by atoms with Crippen molar-refractivity contribution in [2.45, 2.75) is 6.54 Å². The molecule has 18 heavy (non-hydrogen) atoms. The molecule has 0 saturated heterocycles. The highest BCUT2D eigenvalue weighted by atomic mass is 19.2. The fourth-order valence-electron chi connectivity index (χ4n) is 1.97. The summed E-state index contributed by atoms with van der Waals surface area (Å²) >= 11 is 0. The summed E-state index contributed by atoms with van der Waals surface area (Å²) in [7, 11) is 0. The number of fused-ring (bicyclic) bond motifs is 1. The van der Waals surface area contributed by atoms with Gasteiger partial charge in [0.25, 0.3) is 0 Å². The van der Waals surface area contributed by atoms with E-state index in [2.05, 4.69) is 4.98 Å². The zero-order valence-electron chi connectivity index (χ0n) is 9.48. The smallest absolute Gasteiger partial charge is 0.159 e. The first-order chi connectivity index (χ1) is 8.74. The van der Waals surface area contributed by atoms with Crippen LogP contribution in [0.3, 0.4) is 0 Å². The van der Waals surface area contributed by atoms with Gasteiger partial charge in [0, 0.05) is 6.54 Å². The molecule has 0 fully saturated rings. The molecular weight excluding hydrogens is 234 g/mol. The summed E-state index contributed by atoms with van der Waals surface area (Å²) in [6.07, 6.45) is 1.70. The Morgan fingerprint density at radius 2 is 1.83 bits per heavy atom. The molecule has 0 aliphatic heterocycles. The molecule has 0 N–H and O–H groups in total. The number of para-hydroxylation sites is 2. The van der Waals surface area contributed by atoms with Gasteiger partial charge < -0.3 is 4.57 Å². The average molecular weight is 244 g/mol. The van der Waals surface area contributed by atoms with E-state index >= 15 is 0 Å². The average Bonchev–Trinajstić information content (AvgIpc) is 2.78. The molecule has 0 unspecified atom stereocenters.